The number of allylic oxidation sites excluding steroid dienone is 3. The van der Waals surface area contributed by atoms with E-state index in [1.54, 1.807) is 6.08 Å². The van der Waals surface area contributed by atoms with E-state index < -0.39 is 6.17 Å². The summed E-state index contributed by atoms with van der Waals surface area (Å²) in [6, 6.07) is 0. The topological polar surface area (TPSA) is 50.9 Å². The Morgan fingerprint density at radius 2 is 2.43 bits per heavy atom. The van der Waals surface area contributed by atoms with Gasteiger partial charge in [0.1, 0.15) is 12.3 Å². The van der Waals surface area contributed by atoms with Crippen molar-refractivity contribution >= 4 is 28.4 Å². The Morgan fingerprint density at radius 1 is 1.67 bits per heavy atom. The molecule has 1 aliphatic carbocycles. The molecule has 0 aromatic heterocycles. The molecule has 1 aliphatic heterocycles. The van der Waals surface area contributed by atoms with E-state index in [-0.39, 0.29) is 10.0 Å². The highest BCUT2D eigenvalue weighted by Gasteiger charge is 2.30. The lowest BCUT2D eigenvalue weighted by Gasteiger charge is -2.22. The molecule has 0 aromatic carbocycles. The first kappa shape index (κ1) is 16.3. The predicted molar refractivity (Wildman–Crippen MR) is 92.0 cm³/mol. The minimum atomic E-state index is -0.966. The normalized spacial score (nSPS) is 29.6. The van der Waals surface area contributed by atoms with Gasteiger partial charge in [-0.15, -0.1) is 0 Å². The second-order valence-electron chi connectivity index (χ2n) is 5.10. The molecule has 1 heterocycles. The van der Waals surface area contributed by atoms with Crippen molar-refractivity contribution in [3.8, 4) is 0 Å². The summed E-state index contributed by atoms with van der Waals surface area (Å²) in [6.07, 6.45) is 6.02. The lowest BCUT2D eigenvalue weighted by Crippen LogP contribution is -2.24. The Balaban J connectivity index is 1.91. The van der Waals surface area contributed by atoms with Crippen LogP contribution >= 0.6 is 22.6 Å². The van der Waals surface area contributed by atoms with Crippen molar-refractivity contribution in [1.82, 2.24) is 4.90 Å². The second-order valence-corrected chi connectivity index (χ2v) is 6.54. The first-order chi connectivity index (χ1) is 10.0. The summed E-state index contributed by atoms with van der Waals surface area (Å²) in [6.45, 7) is 7.20. The van der Waals surface area contributed by atoms with Crippen molar-refractivity contribution in [2.45, 2.75) is 36.0 Å². The molecule has 1 fully saturated rings. The van der Waals surface area contributed by atoms with Gasteiger partial charge in [-0.2, -0.15) is 0 Å². The third kappa shape index (κ3) is 4.21. The Bertz CT molecular complexity index is 489. The van der Waals surface area contributed by atoms with Crippen molar-refractivity contribution in [3.63, 3.8) is 0 Å². The number of amidine groups is 1. The molecule has 3 atom stereocenters. The number of alkyl halides is 2. The summed E-state index contributed by atoms with van der Waals surface area (Å²) in [4.78, 5) is 6.19. The van der Waals surface area contributed by atoms with Gasteiger partial charge in [-0.05, 0) is 18.7 Å². The molecule has 2 aliphatic rings. The van der Waals surface area contributed by atoms with Gasteiger partial charge in [-0.3, -0.25) is 4.99 Å². The largest absolute Gasteiger partial charge is 0.474 e. The number of nitrogens with zero attached hydrogens (tertiary/aromatic N) is 2. The van der Waals surface area contributed by atoms with E-state index in [2.05, 4.69) is 34.2 Å². The van der Waals surface area contributed by atoms with Gasteiger partial charge in [-0.1, -0.05) is 35.6 Å². The van der Waals surface area contributed by atoms with E-state index in [9.17, 15) is 4.39 Å². The molecule has 2 unspecified atom stereocenters. The van der Waals surface area contributed by atoms with Crippen molar-refractivity contribution in [2.75, 3.05) is 13.1 Å². The van der Waals surface area contributed by atoms with Crippen LogP contribution in [0.4, 0.5) is 4.39 Å². The number of aliphatic imine (C=N–C) groups is 1. The van der Waals surface area contributed by atoms with Crippen molar-refractivity contribution in [2.24, 2.45) is 10.7 Å². The number of ether oxygens (including phenoxy) is 1. The Labute approximate surface area is 138 Å². The van der Waals surface area contributed by atoms with Crippen LogP contribution in [-0.4, -0.2) is 40.0 Å². The fourth-order valence-electron chi connectivity index (χ4n) is 2.25. The first-order valence-electron chi connectivity index (χ1n) is 7.11. The van der Waals surface area contributed by atoms with Gasteiger partial charge in [0.25, 0.3) is 0 Å². The molecule has 1 saturated heterocycles. The number of halogens is 2. The molecular formula is C15H21FIN3O. The highest BCUT2D eigenvalue weighted by Crippen LogP contribution is 2.29. The van der Waals surface area contributed by atoms with Crippen LogP contribution in [0.15, 0.2) is 41.4 Å². The van der Waals surface area contributed by atoms with Crippen LogP contribution in [0.3, 0.4) is 0 Å². The molecule has 0 aromatic rings. The summed E-state index contributed by atoms with van der Waals surface area (Å²) in [5.74, 6) is 1.23. The first-order valence-corrected chi connectivity index (χ1v) is 8.36. The van der Waals surface area contributed by atoms with Crippen molar-refractivity contribution in [1.29, 1.82) is 0 Å². The van der Waals surface area contributed by atoms with Gasteiger partial charge in [0.2, 0.25) is 0 Å². The van der Waals surface area contributed by atoms with E-state index in [4.69, 9.17) is 10.5 Å². The van der Waals surface area contributed by atoms with Gasteiger partial charge in [0.15, 0.2) is 5.88 Å². The molecule has 21 heavy (non-hydrogen) atoms. The van der Waals surface area contributed by atoms with E-state index in [0.29, 0.717) is 24.8 Å². The Hall–Kier alpha value is -1.05. The van der Waals surface area contributed by atoms with E-state index in [0.717, 1.165) is 18.5 Å². The SMILES string of the molecule is C=C1O[C@@H](CCN=C(N)CC)CN1C1=CC(F)C(I)C=C1. The standard InChI is InChI=1S/C15H21FIN3O/c1-3-15(18)19-7-6-12-9-20(10(2)21-12)11-4-5-14(17)13(16)8-11/h4-5,8,12-14H,2-3,6-7,9H2,1H3,(H2,18,19)/t12-,13?,14?/m0/s1. The zero-order valence-corrected chi connectivity index (χ0v) is 14.3. The van der Waals surface area contributed by atoms with Gasteiger partial charge in [0, 0.05) is 25.1 Å². The van der Waals surface area contributed by atoms with Gasteiger partial charge < -0.3 is 15.4 Å². The van der Waals surface area contributed by atoms with Crippen molar-refractivity contribution < 1.29 is 9.13 Å². The lowest BCUT2D eigenvalue weighted by atomic mass is 10.1. The van der Waals surface area contributed by atoms with E-state index in [1.807, 2.05) is 24.0 Å². The monoisotopic (exact) mass is 405 g/mol. The summed E-state index contributed by atoms with van der Waals surface area (Å²) in [5, 5.41) is 0. The Morgan fingerprint density at radius 3 is 3.10 bits per heavy atom. The van der Waals surface area contributed by atoms with Crippen LogP contribution in [0.2, 0.25) is 0 Å². The smallest absolute Gasteiger partial charge is 0.186 e. The van der Waals surface area contributed by atoms with Crippen LogP contribution in [0.5, 0.6) is 0 Å². The molecule has 2 rings (SSSR count). The van der Waals surface area contributed by atoms with Crippen LogP contribution in [0, 0.1) is 0 Å². The number of hydrogen-bond donors (Lipinski definition) is 1. The zero-order chi connectivity index (χ0) is 15.4. The zero-order valence-electron chi connectivity index (χ0n) is 12.1. The minimum Gasteiger partial charge on any atom is -0.474 e. The van der Waals surface area contributed by atoms with Crippen LogP contribution < -0.4 is 5.73 Å². The van der Waals surface area contributed by atoms with Gasteiger partial charge >= 0.3 is 0 Å². The molecule has 116 valence electrons. The van der Waals surface area contributed by atoms with Crippen LogP contribution in [0.25, 0.3) is 0 Å². The number of hydrogen-bond acceptors (Lipinski definition) is 3. The highest BCUT2D eigenvalue weighted by molar-refractivity contribution is 14.1. The summed E-state index contributed by atoms with van der Waals surface area (Å²) in [5.41, 5.74) is 6.50. The van der Waals surface area contributed by atoms with Crippen LogP contribution in [-0.2, 0) is 4.74 Å². The minimum absolute atomic E-state index is 0.0237. The molecular weight excluding hydrogens is 384 g/mol. The molecule has 0 spiro atoms. The molecule has 4 nitrogen and oxygen atoms in total. The fraction of sp³-hybridized carbons (Fsp3) is 0.533. The van der Waals surface area contributed by atoms with Crippen molar-refractivity contribution in [3.05, 3.63) is 36.4 Å². The fourth-order valence-corrected chi connectivity index (χ4v) is 2.66. The summed E-state index contributed by atoms with van der Waals surface area (Å²) >= 11 is 2.09. The number of nitrogens with two attached hydrogens (primary N) is 1. The maximum Gasteiger partial charge on any atom is 0.186 e. The third-order valence-corrected chi connectivity index (χ3v) is 4.62. The maximum atomic E-state index is 13.8. The van der Waals surface area contributed by atoms with E-state index >= 15 is 0 Å². The van der Waals surface area contributed by atoms with E-state index in [1.165, 1.54) is 0 Å². The quantitative estimate of drug-likeness (QED) is 0.331. The lowest BCUT2D eigenvalue weighted by molar-refractivity contribution is 0.158. The summed E-state index contributed by atoms with van der Waals surface area (Å²) < 4.78 is 19.4. The van der Waals surface area contributed by atoms with Gasteiger partial charge in [-0.25, -0.2) is 4.39 Å². The third-order valence-electron chi connectivity index (χ3n) is 3.51. The van der Waals surface area contributed by atoms with Crippen LogP contribution in [0.1, 0.15) is 19.8 Å². The predicted octanol–water partition coefficient (Wildman–Crippen LogP) is 2.91. The Kier molecular flexibility index (Phi) is 5.66. The second kappa shape index (κ2) is 7.29. The molecule has 0 bridgehead atoms. The summed E-state index contributed by atoms with van der Waals surface area (Å²) in [7, 11) is 0. The average Bonchev–Trinajstić information content (AvgIpc) is 2.82. The molecule has 6 heteroatoms. The maximum absolute atomic E-state index is 13.8. The highest BCUT2D eigenvalue weighted by atomic mass is 127. The molecule has 0 amide bonds. The average molecular weight is 405 g/mol. The molecule has 0 radical (unpaired) electrons. The van der Waals surface area contributed by atoms with Gasteiger partial charge in [0.05, 0.1) is 16.3 Å². The molecule has 0 saturated carbocycles. The molecule has 2 N–H and O–H groups in total. The number of rotatable bonds is 5.